The molecule has 0 bridgehead atoms. The van der Waals surface area contributed by atoms with E-state index in [0.717, 1.165) is 12.8 Å². The molecule has 1 fully saturated rings. The lowest BCUT2D eigenvalue weighted by molar-refractivity contribution is -0.121. The Kier molecular flexibility index (Phi) is 3.52. The highest BCUT2D eigenvalue weighted by molar-refractivity contribution is 6.91. The summed E-state index contributed by atoms with van der Waals surface area (Å²) in [5.74, 6) is 1.06. The first kappa shape index (κ1) is 12.6. The minimum Gasteiger partial charge on any atom is -0.300 e. The highest BCUT2D eigenvalue weighted by Crippen LogP contribution is 2.37. The van der Waals surface area contributed by atoms with Gasteiger partial charge in [-0.25, -0.2) is 0 Å². The smallest absolute Gasteiger partial charge is 0.133 e. The summed E-state index contributed by atoms with van der Waals surface area (Å²) in [6.45, 7) is 7.05. The molecule has 1 aliphatic carbocycles. The standard InChI is InChI=1S/C15H22OSi/c1-12-9-13(16)11-15(10-12)17(2,3)14-7-5-4-6-8-14/h4-8,12,15H,9-11H2,1-3H3. The monoisotopic (exact) mass is 246 g/mol. The molecule has 2 rings (SSSR count). The molecule has 1 saturated carbocycles. The van der Waals surface area contributed by atoms with Gasteiger partial charge in [-0.15, -0.1) is 0 Å². The summed E-state index contributed by atoms with van der Waals surface area (Å²) in [6.07, 6.45) is 2.86. The second-order valence-corrected chi connectivity index (χ2v) is 10.9. The van der Waals surface area contributed by atoms with Crippen LogP contribution in [0, 0.1) is 5.92 Å². The van der Waals surface area contributed by atoms with Crippen molar-refractivity contribution >= 4 is 19.0 Å². The third-order valence-electron chi connectivity index (χ3n) is 4.28. The van der Waals surface area contributed by atoms with Gasteiger partial charge in [0.05, 0.1) is 8.07 Å². The van der Waals surface area contributed by atoms with Crippen LogP contribution in [0.1, 0.15) is 26.2 Å². The largest absolute Gasteiger partial charge is 0.300 e. The topological polar surface area (TPSA) is 17.1 Å². The molecule has 0 N–H and O–H groups in total. The molecule has 0 aliphatic heterocycles. The van der Waals surface area contributed by atoms with E-state index in [9.17, 15) is 4.79 Å². The van der Waals surface area contributed by atoms with Crippen molar-refractivity contribution in [3.8, 4) is 0 Å². The van der Waals surface area contributed by atoms with E-state index in [2.05, 4.69) is 50.3 Å². The lowest BCUT2D eigenvalue weighted by Gasteiger charge is -2.37. The van der Waals surface area contributed by atoms with Gasteiger partial charge in [-0.05, 0) is 17.9 Å². The van der Waals surface area contributed by atoms with Gasteiger partial charge < -0.3 is 0 Å². The molecule has 2 heteroatoms. The number of ketones is 1. The molecule has 0 radical (unpaired) electrons. The number of hydrogen-bond acceptors (Lipinski definition) is 1. The van der Waals surface area contributed by atoms with Gasteiger partial charge in [0.2, 0.25) is 0 Å². The zero-order valence-electron chi connectivity index (χ0n) is 11.1. The van der Waals surface area contributed by atoms with Gasteiger partial charge in [-0.1, -0.05) is 55.5 Å². The minimum atomic E-state index is -1.48. The number of carbonyl (C=O) groups excluding carboxylic acids is 1. The van der Waals surface area contributed by atoms with Crippen molar-refractivity contribution in [2.24, 2.45) is 5.92 Å². The van der Waals surface area contributed by atoms with Crippen LogP contribution in [0.25, 0.3) is 0 Å². The maximum atomic E-state index is 11.8. The number of hydrogen-bond donors (Lipinski definition) is 0. The Morgan fingerprint density at radius 3 is 2.35 bits per heavy atom. The second-order valence-electron chi connectivity index (χ2n) is 6.07. The molecule has 0 saturated heterocycles. The number of carbonyl (C=O) groups is 1. The van der Waals surface area contributed by atoms with Crippen molar-refractivity contribution in [1.82, 2.24) is 0 Å². The molecule has 1 aromatic rings. The van der Waals surface area contributed by atoms with Crippen LogP contribution in [0.4, 0.5) is 0 Å². The van der Waals surface area contributed by atoms with Crippen LogP contribution in [0.3, 0.4) is 0 Å². The first-order chi connectivity index (χ1) is 8.00. The molecule has 1 aliphatic rings. The number of rotatable bonds is 2. The highest BCUT2D eigenvalue weighted by Gasteiger charge is 2.38. The fraction of sp³-hybridized carbons (Fsp3) is 0.533. The van der Waals surface area contributed by atoms with Crippen molar-refractivity contribution in [1.29, 1.82) is 0 Å². The van der Waals surface area contributed by atoms with Crippen LogP contribution in [-0.2, 0) is 4.79 Å². The molecular formula is C15H22OSi. The van der Waals surface area contributed by atoms with Gasteiger partial charge in [0.15, 0.2) is 0 Å². The van der Waals surface area contributed by atoms with E-state index in [0.29, 0.717) is 17.2 Å². The van der Waals surface area contributed by atoms with E-state index in [1.54, 1.807) is 0 Å². The van der Waals surface area contributed by atoms with Crippen LogP contribution in [0.5, 0.6) is 0 Å². The normalized spacial score (nSPS) is 25.9. The molecule has 0 heterocycles. The molecule has 0 spiro atoms. The SMILES string of the molecule is CC1CC(=O)CC([Si](C)(C)c2ccccc2)C1. The molecular weight excluding hydrogens is 224 g/mol. The van der Waals surface area contributed by atoms with Crippen LogP contribution >= 0.6 is 0 Å². The number of Topliss-reactive ketones (excluding diaryl/α,β-unsaturated/α-hetero) is 1. The molecule has 2 unspecified atom stereocenters. The van der Waals surface area contributed by atoms with Gasteiger partial charge in [-0.2, -0.15) is 0 Å². The van der Waals surface area contributed by atoms with E-state index in [4.69, 9.17) is 0 Å². The zero-order chi connectivity index (χ0) is 12.5. The average molecular weight is 246 g/mol. The van der Waals surface area contributed by atoms with Gasteiger partial charge >= 0.3 is 0 Å². The van der Waals surface area contributed by atoms with E-state index in [-0.39, 0.29) is 0 Å². The van der Waals surface area contributed by atoms with Gasteiger partial charge in [-0.3, -0.25) is 4.79 Å². The zero-order valence-corrected chi connectivity index (χ0v) is 12.1. The third kappa shape index (κ3) is 2.68. The van der Waals surface area contributed by atoms with E-state index < -0.39 is 8.07 Å². The summed E-state index contributed by atoms with van der Waals surface area (Å²) in [7, 11) is -1.48. The maximum Gasteiger partial charge on any atom is 0.133 e. The molecule has 1 nitrogen and oxygen atoms in total. The second kappa shape index (κ2) is 4.77. The van der Waals surface area contributed by atoms with E-state index in [1.807, 2.05) is 0 Å². The lowest BCUT2D eigenvalue weighted by Crippen LogP contribution is -2.48. The number of benzene rings is 1. The third-order valence-corrected chi connectivity index (χ3v) is 8.58. The average Bonchev–Trinajstić information content (AvgIpc) is 2.29. The summed E-state index contributed by atoms with van der Waals surface area (Å²) >= 11 is 0. The van der Waals surface area contributed by atoms with Gasteiger partial charge in [0.25, 0.3) is 0 Å². The van der Waals surface area contributed by atoms with Crippen LogP contribution < -0.4 is 5.19 Å². The summed E-state index contributed by atoms with van der Waals surface area (Å²) in [4.78, 5) is 11.8. The quantitative estimate of drug-likeness (QED) is 0.731. The van der Waals surface area contributed by atoms with Crippen molar-refractivity contribution in [2.45, 2.75) is 44.8 Å². The molecule has 0 aromatic heterocycles. The van der Waals surface area contributed by atoms with Crippen molar-refractivity contribution in [3.63, 3.8) is 0 Å². The highest BCUT2D eigenvalue weighted by atomic mass is 28.3. The van der Waals surface area contributed by atoms with Crippen LogP contribution in [0.15, 0.2) is 30.3 Å². The summed E-state index contributed by atoms with van der Waals surface area (Å²) < 4.78 is 0. The fourth-order valence-corrected chi connectivity index (χ4v) is 6.30. The maximum absolute atomic E-state index is 11.8. The minimum absolute atomic E-state index is 0.477. The molecule has 2 atom stereocenters. The summed E-state index contributed by atoms with van der Waals surface area (Å²) in [5.41, 5.74) is 0.626. The lowest BCUT2D eigenvalue weighted by atomic mass is 9.89. The van der Waals surface area contributed by atoms with E-state index in [1.165, 1.54) is 11.6 Å². The summed E-state index contributed by atoms with van der Waals surface area (Å²) in [6, 6.07) is 10.8. The fourth-order valence-electron chi connectivity index (χ4n) is 3.05. The Balaban J connectivity index is 2.23. The van der Waals surface area contributed by atoms with Crippen molar-refractivity contribution < 1.29 is 4.79 Å². The van der Waals surface area contributed by atoms with Crippen molar-refractivity contribution in [3.05, 3.63) is 30.3 Å². The van der Waals surface area contributed by atoms with Crippen molar-refractivity contribution in [2.75, 3.05) is 0 Å². The van der Waals surface area contributed by atoms with E-state index >= 15 is 0 Å². The van der Waals surface area contributed by atoms with Crippen LogP contribution in [0.2, 0.25) is 18.6 Å². The Labute approximate surface area is 105 Å². The Morgan fingerprint density at radius 2 is 1.76 bits per heavy atom. The summed E-state index contributed by atoms with van der Waals surface area (Å²) in [5, 5.41) is 1.49. The molecule has 1 aromatic carbocycles. The Bertz CT molecular complexity index is 397. The first-order valence-electron chi connectivity index (χ1n) is 6.57. The predicted octanol–water partition coefficient (Wildman–Crippen LogP) is 3.36. The molecule has 0 amide bonds. The molecule has 92 valence electrons. The molecule has 17 heavy (non-hydrogen) atoms. The van der Waals surface area contributed by atoms with Gasteiger partial charge in [0, 0.05) is 12.8 Å². The van der Waals surface area contributed by atoms with Crippen LogP contribution in [-0.4, -0.2) is 13.9 Å². The Morgan fingerprint density at radius 1 is 1.12 bits per heavy atom. The first-order valence-corrected chi connectivity index (χ1v) is 9.65. The van der Waals surface area contributed by atoms with Gasteiger partial charge in [0.1, 0.15) is 5.78 Å². The predicted molar refractivity (Wildman–Crippen MR) is 75.3 cm³/mol. The Hall–Kier alpha value is -0.893.